The van der Waals surface area contributed by atoms with E-state index in [0.29, 0.717) is 31.8 Å². The molecular formula is C21H27N3O3. The van der Waals surface area contributed by atoms with Crippen LogP contribution >= 0.6 is 0 Å². The number of rotatable bonds is 7. The molecule has 27 heavy (non-hydrogen) atoms. The van der Waals surface area contributed by atoms with Crippen molar-refractivity contribution in [3.63, 3.8) is 0 Å². The average Bonchev–Trinajstić information content (AvgIpc) is 2.71. The summed E-state index contributed by atoms with van der Waals surface area (Å²) in [6.07, 6.45) is 2.27. The van der Waals surface area contributed by atoms with Gasteiger partial charge in [-0.1, -0.05) is 24.3 Å². The van der Waals surface area contributed by atoms with Gasteiger partial charge in [-0.3, -0.25) is 14.7 Å². The number of aliphatic hydroxyl groups excluding tert-OH is 1. The molecule has 0 radical (unpaired) electrons. The molecule has 1 unspecified atom stereocenters. The van der Waals surface area contributed by atoms with E-state index in [1.165, 1.54) is 0 Å². The maximum absolute atomic E-state index is 12.7. The van der Waals surface area contributed by atoms with Gasteiger partial charge in [0.2, 0.25) is 0 Å². The van der Waals surface area contributed by atoms with E-state index in [4.69, 9.17) is 4.74 Å². The van der Waals surface area contributed by atoms with E-state index >= 15 is 0 Å². The summed E-state index contributed by atoms with van der Waals surface area (Å²) in [5.74, 6) is 0.850. The molecule has 0 aliphatic carbocycles. The minimum absolute atomic E-state index is 0.0482. The van der Waals surface area contributed by atoms with Crippen LogP contribution < -0.4 is 4.74 Å². The van der Waals surface area contributed by atoms with Crippen molar-refractivity contribution in [2.24, 2.45) is 0 Å². The number of carbonyl (C=O) groups is 1. The van der Waals surface area contributed by atoms with Gasteiger partial charge in [-0.2, -0.15) is 0 Å². The zero-order valence-electron chi connectivity index (χ0n) is 15.8. The first-order chi connectivity index (χ1) is 13.2. The Morgan fingerprint density at radius 1 is 1.22 bits per heavy atom. The fourth-order valence-electron chi connectivity index (χ4n) is 3.51. The maximum atomic E-state index is 12.7. The average molecular weight is 369 g/mol. The standard InChI is InChI=1S/C21H27N3O3/c1-2-27-20-9-4-3-7-17(20)15-23-12-13-24(16-18(23)10-14-25)21(26)19-8-5-6-11-22-19/h3-9,11,18,25H,2,10,12-16H2,1H3. The van der Waals surface area contributed by atoms with Gasteiger partial charge in [-0.25, -0.2) is 0 Å². The lowest BCUT2D eigenvalue weighted by molar-refractivity contribution is 0.0388. The zero-order chi connectivity index (χ0) is 19.1. The first kappa shape index (κ1) is 19.3. The Morgan fingerprint density at radius 2 is 2.04 bits per heavy atom. The molecule has 1 N–H and O–H groups in total. The number of hydrogen-bond donors (Lipinski definition) is 1. The predicted octanol–water partition coefficient (Wildman–Crippen LogP) is 2.19. The maximum Gasteiger partial charge on any atom is 0.272 e. The van der Waals surface area contributed by atoms with Gasteiger partial charge in [0.15, 0.2) is 0 Å². The number of aliphatic hydroxyl groups is 1. The molecule has 0 bridgehead atoms. The van der Waals surface area contributed by atoms with Crippen LogP contribution in [0.5, 0.6) is 5.75 Å². The molecule has 1 aliphatic heterocycles. The minimum Gasteiger partial charge on any atom is -0.494 e. The largest absolute Gasteiger partial charge is 0.494 e. The molecule has 6 heteroatoms. The molecule has 1 aromatic heterocycles. The minimum atomic E-state index is -0.0482. The van der Waals surface area contributed by atoms with Crippen LogP contribution in [-0.2, 0) is 6.54 Å². The number of para-hydroxylation sites is 1. The predicted molar refractivity (Wildman–Crippen MR) is 104 cm³/mol. The first-order valence-corrected chi connectivity index (χ1v) is 9.48. The summed E-state index contributed by atoms with van der Waals surface area (Å²) in [7, 11) is 0. The van der Waals surface area contributed by atoms with E-state index in [0.717, 1.165) is 24.4 Å². The van der Waals surface area contributed by atoms with Gasteiger partial charge in [0, 0.05) is 50.6 Å². The van der Waals surface area contributed by atoms with Gasteiger partial charge in [0.1, 0.15) is 11.4 Å². The Labute approximate surface area is 160 Å². The van der Waals surface area contributed by atoms with Gasteiger partial charge in [-0.15, -0.1) is 0 Å². The van der Waals surface area contributed by atoms with Crippen molar-refractivity contribution >= 4 is 5.91 Å². The molecule has 1 atom stereocenters. The number of nitrogens with zero attached hydrogens (tertiary/aromatic N) is 3. The summed E-state index contributed by atoms with van der Waals surface area (Å²) in [6.45, 7) is 5.44. The molecule has 3 rings (SSSR count). The Hall–Kier alpha value is -2.44. The number of ether oxygens (including phenoxy) is 1. The summed E-state index contributed by atoms with van der Waals surface area (Å²) in [6, 6.07) is 13.5. The third-order valence-electron chi connectivity index (χ3n) is 4.88. The van der Waals surface area contributed by atoms with Crippen molar-refractivity contribution < 1.29 is 14.6 Å². The van der Waals surface area contributed by atoms with E-state index < -0.39 is 0 Å². The Bertz CT molecular complexity index is 738. The topological polar surface area (TPSA) is 65.9 Å². The van der Waals surface area contributed by atoms with Crippen molar-refractivity contribution in [2.75, 3.05) is 32.8 Å². The second-order valence-corrected chi connectivity index (χ2v) is 6.64. The summed E-state index contributed by atoms with van der Waals surface area (Å²) in [5.41, 5.74) is 1.60. The van der Waals surface area contributed by atoms with Crippen molar-refractivity contribution in [3.05, 3.63) is 59.9 Å². The Kier molecular flexibility index (Phi) is 6.79. The van der Waals surface area contributed by atoms with Crippen LogP contribution in [0.15, 0.2) is 48.7 Å². The van der Waals surface area contributed by atoms with Crippen molar-refractivity contribution in [3.8, 4) is 5.75 Å². The number of pyridine rings is 1. The van der Waals surface area contributed by atoms with Crippen LogP contribution in [0.3, 0.4) is 0 Å². The van der Waals surface area contributed by atoms with Crippen molar-refractivity contribution in [2.45, 2.75) is 25.9 Å². The molecule has 1 aromatic carbocycles. The number of hydrogen-bond acceptors (Lipinski definition) is 5. The van der Waals surface area contributed by atoms with Crippen LogP contribution in [0.4, 0.5) is 0 Å². The SMILES string of the molecule is CCOc1ccccc1CN1CCN(C(=O)c2ccccn2)CC1CCO. The quantitative estimate of drug-likeness (QED) is 0.810. The lowest BCUT2D eigenvalue weighted by Gasteiger charge is -2.41. The van der Waals surface area contributed by atoms with Gasteiger partial charge in [-0.05, 0) is 31.5 Å². The molecule has 1 fully saturated rings. The molecule has 2 heterocycles. The van der Waals surface area contributed by atoms with Crippen LogP contribution in [0.2, 0.25) is 0 Å². The molecule has 2 aromatic rings. The fourth-order valence-corrected chi connectivity index (χ4v) is 3.51. The summed E-state index contributed by atoms with van der Waals surface area (Å²) in [4.78, 5) is 21.1. The Morgan fingerprint density at radius 3 is 2.78 bits per heavy atom. The van der Waals surface area contributed by atoms with Crippen LogP contribution in [0, 0.1) is 0 Å². The van der Waals surface area contributed by atoms with E-state index in [1.54, 1.807) is 18.3 Å². The second-order valence-electron chi connectivity index (χ2n) is 6.64. The van der Waals surface area contributed by atoms with Crippen LogP contribution in [0.1, 0.15) is 29.4 Å². The normalized spacial score (nSPS) is 17.7. The van der Waals surface area contributed by atoms with E-state index in [9.17, 15) is 9.90 Å². The van der Waals surface area contributed by atoms with Crippen molar-refractivity contribution in [1.29, 1.82) is 0 Å². The molecule has 1 saturated heterocycles. The number of benzene rings is 1. The number of carbonyl (C=O) groups excluding carboxylic acids is 1. The lowest BCUT2D eigenvalue weighted by Crippen LogP contribution is -2.54. The van der Waals surface area contributed by atoms with Gasteiger partial charge in [0.05, 0.1) is 6.61 Å². The highest BCUT2D eigenvalue weighted by Gasteiger charge is 2.30. The monoisotopic (exact) mass is 369 g/mol. The van der Waals surface area contributed by atoms with E-state index in [1.807, 2.05) is 36.1 Å². The van der Waals surface area contributed by atoms with Gasteiger partial charge >= 0.3 is 0 Å². The highest BCUT2D eigenvalue weighted by Crippen LogP contribution is 2.23. The van der Waals surface area contributed by atoms with E-state index in [-0.39, 0.29) is 18.6 Å². The molecule has 144 valence electrons. The zero-order valence-corrected chi connectivity index (χ0v) is 15.8. The second kappa shape index (κ2) is 9.48. The number of piperazine rings is 1. The first-order valence-electron chi connectivity index (χ1n) is 9.48. The summed E-state index contributed by atoms with van der Waals surface area (Å²) >= 11 is 0. The molecule has 1 amide bonds. The molecule has 0 spiro atoms. The summed E-state index contributed by atoms with van der Waals surface area (Å²) in [5, 5.41) is 9.52. The van der Waals surface area contributed by atoms with Gasteiger partial charge < -0.3 is 14.7 Å². The third-order valence-corrected chi connectivity index (χ3v) is 4.88. The summed E-state index contributed by atoms with van der Waals surface area (Å²) < 4.78 is 5.74. The fraction of sp³-hybridized carbons (Fsp3) is 0.429. The highest BCUT2D eigenvalue weighted by atomic mass is 16.5. The third kappa shape index (κ3) is 4.84. The van der Waals surface area contributed by atoms with Crippen molar-refractivity contribution in [1.82, 2.24) is 14.8 Å². The number of amides is 1. The molecule has 1 aliphatic rings. The van der Waals surface area contributed by atoms with E-state index in [2.05, 4.69) is 16.0 Å². The smallest absolute Gasteiger partial charge is 0.272 e. The highest BCUT2D eigenvalue weighted by molar-refractivity contribution is 5.92. The van der Waals surface area contributed by atoms with Gasteiger partial charge in [0.25, 0.3) is 5.91 Å². The Balaban J connectivity index is 1.70. The number of aromatic nitrogens is 1. The molecule has 0 saturated carbocycles. The molecule has 6 nitrogen and oxygen atoms in total. The lowest BCUT2D eigenvalue weighted by atomic mass is 10.1. The molecular weight excluding hydrogens is 342 g/mol. The van der Waals surface area contributed by atoms with Crippen LogP contribution in [0.25, 0.3) is 0 Å². The van der Waals surface area contributed by atoms with Crippen LogP contribution in [-0.4, -0.2) is 64.7 Å².